The summed E-state index contributed by atoms with van der Waals surface area (Å²) in [5, 5.41) is 11.2. The zero-order valence-electron chi connectivity index (χ0n) is 20.2. The number of hydrogen-bond acceptors (Lipinski definition) is 8. The molecule has 0 saturated heterocycles. The number of hydrogen-bond donors (Lipinski definition) is 0. The molecule has 11 heteroatoms. The Bertz CT molecular complexity index is 1780. The number of rotatable bonds is 6. The van der Waals surface area contributed by atoms with Crippen LogP contribution in [0, 0.1) is 10.1 Å². The van der Waals surface area contributed by atoms with Gasteiger partial charge in [0.2, 0.25) is 0 Å². The first-order valence-corrected chi connectivity index (χ1v) is 12.7. The average Bonchev–Trinajstić information content (AvgIpc) is 3.51. The molecule has 5 rings (SSSR count). The highest BCUT2D eigenvalue weighted by molar-refractivity contribution is 7.07. The molecule has 0 amide bonds. The van der Waals surface area contributed by atoms with E-state index in [0.29, 0.717) is 44.1 Å². The third-order valence-electron chi connectivity index (χ3n) is 6.09. The van der Waals surface area contributed by atoms with E-state index in [9.17, 15) is 19.7 Å². The largest absolute Gasteiger partial charge is 0.466 e. The summed E-state index contributed by atoms with van der Waals surface area (Å²) in [6.45, 7) is 1.89. The number of non-ortho nitro benzene ring substituents is 1. The number of nitrogens with zero attached hydrogens (tertiary/aromatic N) is 3. The van der Waals surface area contributed by atoms with E-state index >= 15 is 0 Å². The van der Waals surface area contributed by atoms with Crippen LogP contribution in [0.5, 0.6) is 0 Å². The summed E-state index contributed by atoms with van der Waals surface area (Å²) >= 11 is 7.43. The summed E-state index contributed by atoms with van der Waals surface area (Å²) in [4.78, 5) is 42.1. The molecule has 9 nitrogen and oxygen atoms in total. The van der Waals surface area contributed by atoms with Crippen molar-refractivity contribution in [1.29, 1.82) is 0 Å². The maximum absolute atomic E-state index is 13.7. The lowest BCUT2D eigenvalue weighted by molar-refractivity contribution is -0.384. The van der Waals surface area contributed by atoms with Crippen LogP contribution >= 0.6 is 22.9 Å². The standard InChI is InChI=1S/C27H20ClN3O6S/c1-3-20-23(26(33)36-2)24(15-7-5-4-6-8-15)30-25(32)22(38-27(30)29-20)14-17-10-12-21(37-17)18-11-9-16(31(34)35)13-19(18)28/h4-14,24H,3H2,1-2H3/b22-14-/t24-/m1/s1. The molecular weight excluding hydrogens is 530 g/mol. The predicted octanol–water partition coefficient (Wildman–Crippen LogP) is 4.62. The fourth-order valence-corrected chi connectivity index (χ4v) is 5.60. The van der Waals surface area contributed by atoms with Crippen LogP contribution in [0.3, 0.4) is 0 Å². The molecular formula is C27H20ClN3O6S. The van der Waals surface area contributed by atoms with Crippen LogP contribution in [0.4, 0.5) is 5.69 Å². The molecule has 0 N–H and O–H groups in total. The number of furan rings is 1. The van der Waals surface area contributed by atoms with E-state index in [1.807, 2.05) is 37.3 Å². The minimum atomic E-state index is -0.692. The summed E-state index contributed by atoms with van der Waals surface area (Å²) in [5.74, 6) is 0.246. The number of esters is 1. The SMILES string of the molecule is CCC1=C(C(=O)OC)[C@@H](c2ccccc2)n2c(s/c(=C\c3ccc(-c4ccc([N+](=O)[O-])cc4Cl)o3)c2=O)=N1. The van der Waals surface area contributed by atoms with E-state index in [-0.39, 0.29) is 16.3 Å². The van der Waals surface area contributed by atoms with Crippen LogP contribution in [0.15, 0.2) is 86.1 Å². The Morgan fingerprint density at radius 3 is 2.66 bits per heavy atom. The van der Waals surface area contributed by atoms with E-state index in [0.717, 1.165) is 5.56 Å². The molecule has 38 heavy (non-hydrogen) atoms. The topological polar surface area (TPSA) is 117 Å². The third-order valence-corrected chi connectivity index (χ3v) is 7.39. The average molecular weight is 550 g/mol. The molecule has 0 saturated carbocycles. The quantitative estimate of drug-likeness (QED) is 0.197. The number of thiazole rings is 1. The van der Waals surface area contributed by atoms with Gasteiger partial charge in [0.15, 0.2) is 4.80 Å². The number of fused-ring (bicyclic) bond motifs is 1. The van der Waals surface area contributed by atoms with Gasteiger partial charge in [0.25, 0.3) is 11.2 Å². The van der Waals surface area contributed by atoms with Crippen LogP contribution in [0.25, 0.3) is 17.4 Å². The molecule has 0 spiro atoms. The first kappa shape index (κ1) is 25.4. The van der Waals surface area contributed by atoms with Crippen molar-refractivity contribution in [2.45, 2.75) is 19.4 Å². The number of aromatic nitrogens is 1. The number of nitro groups is 1. The fraction of sp³-hybridized carbons (Fsp3) is 0.148. The highest BCUT2D eigenvalue weighted by Crippen LogP contribution is 2.33. The van der Waals surface area contributed by atoms with Crippen LogP contribution in [-0.2, 0) is 9.53 Å². The number of carbonyl (C=O) groups excluding carboxylic acids is 1. The summed E-state index contributed by atoms with van der Waals surface area (Å²) in [6, 6.07) is 16.0. The minimum absolute atomic E-state index is 0.127. The Labute approximate surface area is 224 Å². The molecule has 0 aliphatic carbocycles. The summed E-state index contributed by atoms with van der Waals surface area (Å²) in [6.07, 6.45) is 2.08. The maximum Gasteiger partial charge on any atom is 0.338 e. The second-order valence-corrected chi connectivity index (χ2v) is 9.74. The Morgan fingerprint density at radius 1 is 1.24 bits per heavy atom. The molecule has 0 radical (unpaired) electrons. The maximum atomic E-state index is 13.7. The summed E-state index contributed by atoms with van der Waals surface area (Å²) < 4.78 is 12.8. The van der Waals surface area contributed by atoms with Crippen molar-refractivity contribution in [2.75, 3.05) is 7.11 Å². The molecule has 1 aliphatic rings. The lowest BCUT2D eigenvalue weighted by Crippen LogP contribution is -2.40. The molecule has 4 aromatic rings. The van der Waals surface area contributed by atoms with Gasteiger partial charge < -0.3 is 9.15 Å². The second kappa shape index (κ2) is 10.2. The normalized spacial score (nSPS) is 15.2. The van der Waals surface area contributed by atoms with Gasteiger partial charge in [-0.2, -0.15) is 0 Å². The van der Waals surface area contributed by atoms with Crippen molar-refractivity contribution in [3.63, 3.8) is 0 Å². The number of methoxy groups -OCH3 is 1. The van der Waals surface area contributed by atoms with Crippen molar-refractivity contribution >= 4 is 40.7 Å². The molecule has 2 aromatic heterocycles. The van der Waals surface area contributed by atoms with Crippen LogP contribution < -0.4 is 14.9 Å². The highest BCUT2D eigenvalue weighted by Gasteiger charge is 2.33. The molecule has 1 atom stereocenters. The van der Waals surface area contributed by atoms with E-state index < -0.39 is 16.9 Å². The highest BCUT2D eigenvalue weighted by atomic mass is 35.5. The molecule has 0 bridgehead atoms. The third kappa shape index (κ3) is 4.48. The molecule has 192 valence electrons. The number of carbonyl (C=O) groups is 1. The van der Waals surface area contributed by atoms with Gasteiger partial charge in [-0.05, 0) is 30.2 Å². The zero-order chi connectivity index (χ0) is 27.0. The van der Waals surface area contributed by atoms with Crippen molar-refractivity contribution in [3.8, 4) is 11.3 Å². The van der Waals surface area contributed by atoms with Crippen molar-refractivity contribution in [2.24, 2.45) is 4.99 Å². The van der Waals surface area contributed by atoms with Gasteiger partial charge in [-0.25, -0.2) is 9.79 Å². The lowest BCUT2D eigenvalue weighted by Gasteiger charge is -2.25. The zero-order valence-corrected chi connectivity index (χ0v) is 21.8. The number of allylic oxidation sites excluding steroid dienone is 1. The van der Waals surface area contributed by atoms with Crippen molar-refractivity contribution in [3.05, 3.63) is 118 Å². The van der Waals surface area contributed by atoms with E-state index in [1.165, 1.54) is 41.2 Å². The Balaban J connectivity index is 1.62. The van der Waals surface area contributed by atoms with Gasteiger partial charge in [0, 0.05) is 23.8 Å². The summed E-state index contributed by atoms with van der Waals surface area (Å²) in [7, 11) is 1.31. The second-order valence-electron chi connectivity index (χ2n) is 8.32. The van der Waals surface area contributed by atoms with Crippen molar-refractivity contribution in [1.82, 2.24) is 4.57 Å². The van der Waals surface area contributed by atoms with Crippen LogP contribution in [-0.4, -0.2) is 22.6 Å². The van der Waals surface area contributed by atoms with Gasteiger partial charge in [-0.15, -0.1) is 0 Å². The van der Waals surface area contributed by atoms with Gasteiger partial charge in [0.05, 0.1) is 38.9 Å². The lowest BCUT2D eigenvalue weighted by atomic mass is 9.95. The minimum Gasteiger partial charge on any atom is -0.466 e. The Morgan fingerprint density at radius 2 is 2.00 bits per heavy atom. The first-order valence-electron chi connectivity index (χ1n) is 11.5. The van der Waals surface area contributed by atoms with Gasteiger partial charge in [-0.1, -0.05) is 60.2 Å². The smallest absolute Gasteiger partial charge is 0.338 e. The molecule has 3 heterocycles. The molecule has 0 fully saturated rings. The summed E-state index contributed by atoms with van der Waals surface area (Å²) in [5.41, 5.74) is 1.68. The molecule has 1 aliphatic heterocycles. The number of halogens is 1. The number of nitro benzene ring substituents is 1. The van der Waals surface area contributed by atoms with E-state index in [2.05, 4.69) is 4.99 Å². The first-order chi connectivity index (χ1) is 18.3. The van der Waals surface area contributed by atoms with Gasteiger partial charge >= 0.3 is 5.97 Å². The van der Waals surface area contributed by atoms with Gasteiger partial charge in [0.1, 0.15) is 11.5 Å². The van der Waals surface area contributed by atoms with E-state index in [4.69, 9.17) is 20.8 Å². The van der Waals surface area contributed by atoms with Crippen molar-refractivity contribution < 1.29 is 18.9 Å². The predicted molar refractivity (Wildman–Crippen MR) is 143 cm³/mol. The number of ether oxygens (including phenoxy) is 1. The van der Waals surface area contributed by atoms with Gasteiger partial charge in [-0.3, -0.25) is 19.5 Å². The molecule has 0 unspecified atom stereocenters. The number of benzene rings is 2. The van der Waals surface area contributed by atoms with Crippen LogP contribution in [0.2, 0.25) is 5.02 Å². The Hall–Kier alpha value is -4.28. The monoisotopic (exact) mass is 549 g/mol. The molecule has 2 aromatic carbocycles. The fourth-order valence-electron chi connectivity index (χ4n) is 4.34. The van der Waals surface area contributed by atoms with E-state index in [1.54, 1.807) is 18.2 Å². The van der Waals surface area contributed by atoms with Crippen LogP contribution in [0.1, 0.15) is 30.7 Å². The Kier molecular flexibility index (Phi) is 6.83.